The summed E-state index contributed by atoms with van der Waals surface area (Å²) in [6.45, 7) is 2.95. The van der Waals surface area contributed by atoms with Crippen molar-refractivity contribution in [3.8, 4) is 0 Å². The first kappa shape index (κ1) is 9.44. The molecule has 1 aliphatic carbocycles. The summed E-state index contributed by atoms with van der Waals surface area (Å²) in [6.07, 6.45) is 4.64. The van der Waals surface area contributed by atoms with Gasteiger partial charge >= 0.3 is 0 Å². The van der Waals surface area contributed by atoms with Gasteiger partial charge in [0.05, 0.1) is 12.2 Å². The summed E-state index contributed by atoms with van der Waals surface area (Å²) in [5.41, 5.74) is 0. The number of hydrogen-bond acceptors (Lipinski definition) is 3. The summed E-state index contributed by atoms with van der Waals surface area (Å²) in [6, 6.07) is 0. The summed E-state index contributed by atoms with van der Waals surface area (Å²) in [4.78, 5) is 0. The second-order valence-electron chi connectivity index (χ2n) is 4.29. The average molecular weight is 185 g/mol. The van der Waals surface area contributed by atoms with Gasteiger partial charge in [-0.25, -0.2) is 0 Å². The minimum atomic E-state index is -0.0402. The van der Waals surface area contributed by atoms with Crippen molar-refractivity contribution >= 4 is 0 Å². The molecule has 2 aliphatic rings. The van der Waals surface area contributed by atoms with Crippen LogP contribution in [0.15, 0.2) is 0 Å². The molecule has 0 aromatic carbocycles. The summed E-state index contributed by atoms with van der Waals surface area (Å²) in [5, 5.41) is 12.5. The molecule has 1 heterocycles. The third-order valence-corrected chi connectivity index (χ3v) is 3.13. The molecule has 2 fully saturated rings. The van der Waals surface area contributed by atoms with Gasteiger partial charge in [0.15, 0.2) is 0 Å². The van der Waals surface area contributed by atoms with E-state index in [1.54, 1.807) is 0 Å². The van der Waals surface area contributed by atoms with E-state index in [0.717, 1.165) is 45.4 Å². The number of ether oxygens (including phenoxy) is 1. The topological polar surface area (TPSA) is 41.5 Å². The summed E-state index contributed by atoms with van der Waals surface area (Å²) >= 11 is 0. The van der Waals surface area contributed by atoms with Crippen LogP contribution in [-0.2, 0) is 4.74 Å². The van der Waals surface area contributed by atoms with E-state index in [1.165, 1.54) is 0 Å². The van der Waals surface area contributed by atoms with Gasteiger partial charge < -0.3 is 15.2 Å². The highest BCUT2D eigenvalue weighted by Crippen LogP contribution is 2.24. The molecular formula is C10H19NO2. The third-order valence-electron chi connectivity index (χ3n) is 3.13. The zero-order chi connectivity index (χ0) is 9.10. The highest BCUT2D eigenvalue weighted by molar-refractivity contribution is 4.77. The van der Waals surface area contributed by atoms with Crippen molar-refractivity contribution in [2.75, 3.05) is 19.7 Å². The van der Waals surface area contributed by atoms with Crippen molar-refractivity contribution in [2.24, 2.45) is 5.92 Å². The zero-order valence-corrected chi connectivity index (χ0v) is 8.04. The Bertz CT molecular complexity index is 151. The van der Waals surface area contributed by atoms with Gasteiger partial charge in [-0.2, -0.15) is 0 Å². The summed E-state index contributed by atoms with van der Waals surface area (Å²) in [7, 11) is 0. The number of nitrogens with one attached hydrogen (secondary N) is 1. The fourth-order valence-electron chi connectivity index (χ4n) is 1.96. The molecule has 0 amide bonds. The van der Waals surface area contributed by atoms with E-state index in [2.05, 4.69) is 5.32 Å². The van der Waals surface area contributed by atoms with E-state index >= 15 is 0 Å². The average Bonchev–Trinajstić information content (AvgIpc) is 2.05. The van der Waals surface area contributed by atoms with Crippen molar-refractivity contribution in [1.82, 2.24) is 5.32 Å². The van der Waals surface area contributed by atoms with Crippen molar-refractivity contribution < 1.29 is 9.84 Å². The molecule has 3 heteroatoms. The highest BCUT2D eigenvalue weighted by atomic mass is 16.5. The van der Waals surface area contributed by atoms with Gasteiger partial charge in [-0.05, 0) is 31.6 Å². The summed E-state index contributed by atoms with van der Waals surface area (Å²) < 4.78 is 5.71. The molecule has 0 atom stereocenters. The molecule has 1 saturated heterocycles. The zero-order valence-electron chi connectivity index (χ0n) is 8.04. The number of aliphatic hydroxyl groups excluding tert-OH is 1. The van der Waals surface area contributed by atoms with Crippen LogP contribution in [0.4, 0.5) is 0 Å². The molecule has 0 bridgehead atoms. The Balaban J connectivity index is 1.59. The fourth-order valence-corrected chi connectivity index (χ4v) is 1.96. The predicted octanol–water partition coefficient (Wildman–Crippen LogP) is 0.526. The van der Waals surface area contributed by atoms with Crippen LogP contribution in [0.25, 0.3) is 0 Å². The molecule has 0 aromatic heterocycles. The highest BCUT2D eigenvalue weighted by Gasteiger charge is 2.22. The molecule has 2 N–H and O–H groups in total. The smallest absolute Gasteiger partial charge is 0.0823 e. The standard InChI is InChI=1S/C10H19NO2/c12-9-3-1-8(2-4-9)7-13-10-5-11-6-10/h8-12H,1-7H2. The van der Waals surface area contributed by atoms with Crippen molar-refractivity contribution in [3.63, 3.8) is 0 Å². The maximum atomic E-state index is 9.31. The van der Waals surface area contributed by atoms with Crippen LogP contribution in [0.2, 0.25) is 0 Å². The van der Waals surface area contributed by atoms with Crippen molar-refractivity contribution in [3.05, 3.63) is 0 Å². The Morgan fingerprint density at radius 2 is 1.85 bits per heavy atom. The van der Waals surface area contributed by atoms with E-state index in [0.29, 0.717) is 12.0 Å². The molecule has 13 heavy (non-hydrogen) atoms. The van der Waals surface area contributed by atoms with Gasteiger partial charge in [-0.3, -0.25) is 0 Å². The van der Waals surface area contributed by atoms with Gasteiger partial charge in [-0.15, -0.1) is 0 Å². The van der Waals surface area contributed by atoms with Gasteiger partial charge in [0.2, 0.25) is 0 Å². The Morgan fingerprint density at radius 1 is 1.15 bits per heavy atom. The van der Waals surface area contributed by atoms with Crippen molar-refractivity contribution in [1.29, 1.82) is 0 Å². The molecule has 1 saturated carbocycles. The minimum absolute atomic E-state index is 0.0402. The quantitative estimate of drug-likeness (QED) is 0.674. The molecule has 0 aromatic rings. The Labute approximate surface area is 79.5 Å². The van der Waals surface area contributed by atoms with Crippen LogP contribution in [-0.4, -0.2) is 37.0 Å². The SMILES string of the molecule is OC1CCC(COC2CNC2)CC1. The van der Waals surface area contributed by atoms with Crippen LogP contribution < -0.4 is 5.32 Å². The molecule has 2 rings (SSSR count). The van der Waals surface area contributed by atoms with Crippen LogP contribution in [0, 0.1) is 5.92 Å². The number of rotatable bonds is 3. The normalized spacial score (nSPS) is 35.8. The molecule has 1 aliphatic heterocycles. The maximum absolute atomic E-state index is 9.31. The summed E-state index contributed by atoms with van der Waals surface area (Å²) in [5.74, 6) is 0.698. The van der Waals surface area contributed by atoms with Crippen LogP contribution in [0.5, 0.6) is 0 Å². The third kappa shape index (κ3) is 2.66. The van der Waals surface area contributed by atoms with E-state index in [-0.39, 0.29) is 6.10 Å². The lowest BCUT2D eigenvalue weighted by Crippen LogP contribution is -2.49. The lowest BCUT2D eigenvalue weighted by atomic mass is 9.88. The van der Waals surface area contributed by atoms with E-state index in [1.807, 2.05) is 0 Å². The van der Waals surface area contributed by atoms with Gasteiger partial charge in [0.25, 0.3) is 0 Å². The second-order valence-corrected chi connectivity index (χ2v) is 4.29. The van der Waals surface area contributed by atoms with E-state index < -0.39 is 0 Å². The molecule has 0 spiro atoms. The van der Waals surface area contributed by atoms with Crippen LogP contribution in [0.1, 0.15) is 25.7 Å². The molecule has 0 radical (unpaired) electrons. The second kappa shape index (κ2) is 4.40. The molecular weight excluding hydrogens is 166 g/mol. The fraction of sp³-hybridized carbons (Fsp3) is 1.00. The maximum Gasteiger partial charge on any atom is 0.0823 e. The molecule has 3 nitrogen and oxygen atoms in total. The lowest BCUT2D eigenvalue weighted by molar-refractivity contribution is -0.0155. The first-order valence-corrected chi connectivity index (χ1v) is 5.35. The van der Waals surface area contributed by atoms with Gasteiger partial charge in [0, 0.05) is 19.7 Å². The van der Waals surface area contributed by atoms with Crippen LogP contribution >= 0.6 is 0 Å². The first-order chi connectivity index (χ1) is 6.34. The monoisotopic (exact) mass is 185 g/mol. The van der Waals surface area contributed by atoms with E-state index in [9.17, 15) is 5.11 Å². The molecule has 76 valence electrons. The Morgan fingerprint density at radius 3 is 2.38 bits per heavy atom. The Hall–Kier alpha value is -0.120. The minimum Gasteiger partial charge on any atom is -0.393 e. The van der Waals surface area contributed by atoms with Gasteiger partial charge in [-0.1, -0.05) is 0 Å². The Kier molecular flexibility index (Phi) is 3.19. The number of aliphatic hydroxyl groups is 1. The lowest BCUT2D eigenvalue weighted by Gasteiger charge is -2.31. The van der Waals surface area contributed by atoms with Crippen LogP contribution in [0.3, 0.4) is 0 Å². The number of hydrogen-bond donors (Lipinski definition) is 2. The van der Waals surface area contributed by atoms with Crippen molar-refractivity contribution in [2.45, 2.75) is 37.9 Å². The largest absolute Gasteiger partial charge is 0.393 e. The van der Waals surface area contributed by atoms with E-state index in [4.69, 9.17) is 4.74 Å². The predicted molar refractivity (Wildman–Crippen MR) is 50.6 cm³/mol. The first-order valence-electron chi connectivity index (χ1n) is 5.35. The van der Waals surface area contributed by atoms with Gasteiger partial charge in [0.1, 0.15) is 0 Å². The molecule has 0 unspecified atom stereocenters.